The molecule has 1 atom stereocenters. The Morgan fingerprint density at radius 1 is 1.00 bits per heavy atom. The Labute approximate surface area is 136 Å². The number of carbonyl (C=O) groups is 2. The molecule has 23 heavy (non-hydrogen) atoms. The summed E-state index contributed by atoms with van der Waals surface area (Å²) in [5, 5.41) is 6.08. The minimum atomic E-state index is -0.372. The van der Waals surface area contributed by atoms with Crippen LogP contribution in [0.2, 0.25) is 0 Å². The van der Waals surface area contributed by atoms with Crippen molar-refractivity contribution >= 4 is 23.1 Å². The zero-order valence-corrected chi connectivity index (χ0v) is 13.9. The summed E-state index contributed by atoms with van der Waals surface area (Å²) in [5.74, 6) is -0.116. The molecule has 4 heteroatoms. The summed E-state index contributed by atoms with van der Waals surface area (Å²) in [5.41, 5.74) is 4.58. The number of aryl methyl sites for hydroxylation is 1. The Bertz CT molecular complexity index is 721. The van der Waals surface area contributed by atoms with Crippen LogP contribution in [0.15, 0.2) is 42.5 Å². The Balaban J connectivity index is 2.02. The predicted molar refractivity (Wildman–Crippen MR) is 94.1 cm³/mol. The standard InChI is InChI=1S/C19H22N2O2/c1-12-6-5-7-18(13(12)2)20-14(3)19(23)21-17-10-8-16(9-11-17)15(4)22/h5-11,14,20H,1-4H3,(H,21,23). The number of carbonyl (C=O) groups excluding carboxylic acids is 2. The maximum atomic E-state index is 12.3. The van der Waals surface area contributed by atoms with Crippen molar-refractivity contribution in [2.75, 3.05) is 10.6 Å². The molecule has 2 aromatic carbocycles. The molecule has 0 aliphatic carbocycles. The molecule has 0 aliphatic heterocycles. The largest absolute Gasteiger partial charge is 0.374 e. The maximum Gasteiger partial charge on any atom is 0.246 e. The van der Waals surface area contributed by atoms with E-state index in [1.54, 1.807) is 24.3 Å². The topological polar surface area (TPSA) is 58.2 Å². The first-order chi connectivity index (χ1) is 10.9. The van der Waals surface area contributed by atoms with Gasteiger partial charge in [0.25, 0.3) is 0 Å². The second kappa shape index (κ2) is 7.09. The maximum absolute atomic E-state index is 12.3. The van der Waals surface area contributed by atoms with Crippen LogP contribution >= 0.6 is 0 Å². The monoisotopic (exact) mass is 310 g/mol. The first-order valence-electron chi connectivity index (χ1n) is 7.63. The van der Waals surface area contributed by atoms with Crippen LogP contribution in [0.25, 0.3) is 0 Å². The molecule has 0 saturated heterocycles. The summed E-state index contributed by atoms with van der Waals surface area (Å²) in [6, 6.07) is 12.5. The lowest BCUT2D eigenvalue weighted by atomic mass is 10.1. The number of ketones is 1. The van der Waals surface area contributed by atoms with Gasteiger partial charge in [0.2, 0.25) is 5.91 Å². The summed E-state index contributed by atoms with van der Waals surface area (Å²) in [7, 11) is 0. The molecule has 1 unspecified atom stereocenters. The van der Waals surface area contributed by atoms with Gasteiger partial charge in [-0.15, -0.1) is 0 Å². The molecule has 0 radical (unpaired) electrons. The lowest BCUT2D eigenvalue weighted by molar-refractivity contribution is -0.116. The van der Waals surface area contributed by atoms with Crippen LogP contribution in [-0.4, -0.2) is 17.7 Å². The molecule has 0 fully saturated rings. The molecule has 0 aliphatic rings. The van der Waals surface area contributed by atoms with Crippen molar-refractivity contribution in [1.82, 2.24) is 0 Å². The summed E-state index contributed by atoms with van der Waals surface area (Å²) >= 11 is 0. The molecule has 2 rings (SSSR count). The predicted octanol–water partition coefficient (Wildman–Crippen LogP) is 3.95. The van der Waals surface area contributed by atoms with Gasteiger partial charge in [0.1, 0.15) is 6.04 Å². The van der Waals surface area contributed by atoms with E-state index in [0.29, 0.717) is 11.3 Å². The molecule has 0 spiro atoms. The number of anilines is 2. The zero-order chi connectivity index (χ0) is 17.0. The van der Waals surface area contributed by atoms with Crippen molar-refractivity contribution in [2.45, 2.75) is 33.7 Å². The normalized spacial score (nSPS) is 11.7. The van der Waals surface area contributed by atoms with E-state index in [9.17, 15) is 9.59 Å². The second-order valence-electron chi connectivity index (χ2n) is 5.74. The average molecular weight is 310 g/mol. The Morgan fingerprint density at radius 2 is 1.65 bits per heavy atom. The molecule has 0 bridgehead atoms. The third kappa shape index (κ3) is 4.19. The van der Waals surface area contributed by atoms with Crippen LogP contribution in [0.1, 0.15) is 35.3 Å². The highest BCUT2D eigenvalue weighted by molar-refractivity contribution is 5.98. The van der Waals surface area contributed by atoms with E-state index in [1.807, 2.05) is 39.0 Å². The van der Waals surface area contributed by atoms with Crippen LogP contribution in [0, 0.1) is 13.8 Å². The van der Waals surface area contributed by atoms with Crippen LogP contribution in [0.3, 0.4) is 0 Å². The van der Waals surface area contributed by atoms with Crippen molar-refractivity contribution in [1.29, 1.82) is 0 Å². The SMILES string of the molecule is CC(=O)c1ccc(NC(=O)C(C)Nc2cccc(C)c2C)cc1. The number of hydrogen-bond donors (Lipinski definition) is 2. The fourth-order valence-electron chi connectivity index (χ4n) is 2.25. The smallest absolute Gasteiger partial charge is 0.246 e. The van der Waals surface area contributed by atoms with E-state index < -0.39 is 0 Å². The first-order valence-corrected chi connectivity index (χ1v) is 7.63. The van der Waals surface area contributed by atoms with Crippen LogP contribution in [-0.2, 0) is 4.79 Å². The van der Waals surface area contributed by atoms with Crippen molar-refractivity contribution in [3.05, 3.63) is 59.2 Å². The van der Waals surface area contributed by atoms with E-state index in [0.717, 1.165) is 11.3 Å². The van der Waals surface area contributed by atoms with E-state index in [1.165, 1.54) is 12.5 Å². The Morgan fingerprint density at radius 3 is 2.26 bits per heavy atom. The molecular formula is C19H22N2O2. The highest BCUT2D eigenvalue weighted by Gasteiger charge is 2.14. The molecule has 4 nitrogen and oxygen atoms in total. The van der Waals surface area contributed by atoms with Crippen molar-refractivity contribution in [3.8, 4) is 0 Å². The van der Waals surface area contributed by atoms with Gasteiger partial charge >= 0.3 is 0 Å². The minimum absolute atomic E-state index is 0.00725. The minimum Gasteiger partial charge on any atom is -0.374 e. The Kier molecular flexibility index (Phi) is 5.16. The summed E-state index contributed by atoms with van der Waals surface area (Å²) in [4.78, 5) is 23.5. The Hall–Kier alpha value is -2.62. The first kappa shape index (κ1) is 16.7. The van der Waals surface area contributed by atoms with Gasteiger partial charge in [-0.05, 0) is 69.2 Å². The van der Waals surface area contributed by atoms with Gasteiger partial charge in [0.05, 0.1) is 0 Å². The lowest BCUT2D eigenvalue weighted by Crippen LogP contribution is -2.32. The number of rotatable bonds is 5. The molecule has 0 saturated carbocycles. The van der Waals surface area contributed by atoms with E-state index in [-0.39, 0.29) is 17.7 Å². The molecule has 2 aromatic rings. The third-order valence-corrected chi connectivity index (χ3v) is 3.93. The summed E-state index contributed by atoms with van der Waals surface area (Å²) in [6.45, 7) is 7.41. The van der Waals surface area contributed by atoms with E-state index >= 15 is 0 Å². The van der Waals surface area contributed by atoms with Gasteiger partial charge in [-0.1, -0.05) is 12.1 Å². The highest BCUT2D eigenvalue weighted by Crippen LogP contribution is 2.19. The zero-order valence-electron chi connectivity index (χ0n) is 13.9. The lowest BCUT2D eigenvalue weighted by Gasteiger charge is -2.18. The molecule has 0 heterocycles. The summed E-state index contributed by atoms with van der Waals surface area (Å²) in [6.07, 6.45) is 0. The van der Waals surface area contributed by atoms with Crippen LogP contribution < -0.4 is 10.6 Å². The second-order valence-corrected chi connectivity index (χ2v) is 5.74. The van der Waals surface area contributed by atoms with Gasteiger partial charge in [-0.2, -0.15) is 0 Å². The third-order valence-electron chi connectivity index (χ3n) is 3.93. The van der Waals surface area contributed by atoms with E-state index in [4.69, 9.17) is 0 Å². The fraction of sp³-hybridized carbons (Fsp3) is 0.263. The van der Waals surface area contributed by atoms with Crippen molar-refractivity contribution in [3.63, 3.8) is 0 Å². The van der Waals surface area contributed by atoms with Gasteiger partial charge < -0.3 is 10.6 Å². The number of hydrogen-bond acceptors (Lipinski definition) is 3. The van der Waals surface area contributed by atoms with Crippen LogP contribution in [0.4, 0.5) is 11.4 Å². The fourth-order valence-corrected chi connectivity index (χ4v) is 2.25. The molecule has 2 N–H and O–H groups in total. The number of benzene rings is 2. The summed E-state index contributed by atoms with van der Waals surface area (Å²) < 4.78 is 0. The van der Waals surface area contributed by atoms with E-state index in [2.05, 4.69) is 10.6 Å². The molecule has 120 valence electrons. The van der Waals surface area contributed by atoms with Gasteiger partial charge in [0, 0.05) is 16.9 Å². The molecular weight excluding hydrogens is 288 g/mol. The van der Waals surface area contributed by atoms with Gasteiger partial charge in [-0.25, -0.2) is 0 Å². The average Bonchev–Trinajstić information content (AvgIpc) is 2.52. The molecule has 0 aromatic heterocycles. The molecule has 1 amide bonds. The number of amides is 1. The van der Waals surface area contributed by atoms with Gasteiger partial charge in [0.15, 0.2) is 5.78 Å². The number of nitrogens with one attached hydrogen (secondary N) is 2. The highest BCUT2D eigenvalue weighted by atomic mass is 16.2. The number of Topliss-reactive ketones (excluding diaryl/α,β-unsaturated/α-hetero) is 1. The van der Waals surface area contributed by atoms with Crippen LogP contribution in [0.5, 0.6) is 0 Å². The van der Waals surface area contributed by atoms with Crippen molar-refractivity contribution < 1.29 is 9.59 Å². The van der Waals surface area contributed by atoms with Gasteiger partial charge in [-0.3, -0.25) is 9.59 Å². The quantitative estimate of drug-likeness (QED) is 0.822. The van der Waals surface area contributed by atoms with Crippen molar-refractivity contribution in [2.24, 2.45) is 0 Å².